The number of benzene rings is 1. The van der Waals surface area contributed by atoms with Crippen molar-refractivity contribution in [1.29, 1.82) is 0 Å². The molecular formula is C15H19N3O3. The van der Waals surface area contributed by atoms with E-state index >= 15 is 0 Å². The highest BCUT2D eigenvalue weighted by Crippen LogP contribution is 2.14. The van der Waals surface area contributed by atoms with Crippen LogP contribution in [0.5, 0.6) is 5.75 Å². The number of hydrogen-bond acceptors (Lipinski definition) is 4. The molecule has 1 aromatic heterocycles. The van der Waals surface area contributed by atoms with Crippen LogP contribution in [-0.4, -0.2) is 39.4 Å². The second-order valence-electron chi connectivity index (χ2n) is 5.02. The van der Waals surface area contributed by atoms with Crippen LogP contribution in [0.15, 0.2) is 36.7 Å². The van der Waals surface area contributed by atoms with Crippen LogP contribution in [-0.2, 0) is 24.9 Å². The maximum atomic E-state index is 10.4. The average Bonchev–Trinajstić information content (AvgIpc) is 2.83. The Morgan fingerprint density at radius 2 is 1.95 bits per heavy atom. The van der Waals surface area contributed by atoms with Crippen molar-refractivity contribution in [3.63, 3.8) is 0 Å². The summed E-state index contributed by atoms with van der Waals surface area (Å²) in [4.78, 5) is 12.6. The number of carboxylic acids is 1. The zero-order chi connectivity index (χ0) is 15.2. The van der Waals surface area contributed by atoms with Crippen LogP contribution in [0, 0.1) is 0 Å². The van der Waals surface area contributed by atoms with E-state index in [9.17, 15) is 4.79 Å². The van der Waals surface area contributed by atoms with Crippen molar-refractivity contribution in [1.82, 2.24) is 14.7 Å². The van der Waals surface area contributed by atoms with E-state index in [1.807, 2.05) is 38.6 Å². The van der Waals surface area contributed by atoms with Gasteiger partial charge in [0.05, 0.1) is 6.20 Å². The molecule has 0 amide bonds. The molecule has 1 N–H and O–H groups in total. The number of carboxylic acid groups (broad SMARTS) is 1. The van der Waals surface area contributed by atoms with Crippen molar-refractivity contribution in [2.24, 2.45) is 7.05 Å². The number of rotatable bonds is 7. The molecule has 0 saturated carbocycles. The van der Waals surface area contributed by atoms with E-state index in [0.29, 0.717) is 5.75 Å². The molecule has 0 fully saturated rings. The zero-order valence-electron chi connectivity index (χ0n) is 12.2. The largest absolute Gasteiger partial charge is 0.482 e. The summed E-state index contributed by atoms with van der Waals surface area (Å²) >= 11 is 0. The summed E-state index contributed by atoms with van der Waals surface area (Å²) < 4.78 is 6.89. The summed E-state index contributed by atoms with van der Waals surface area (Å²) in [5.74, 6) is -0.411. The molecule has 0 unspecified atom stereocenters. The van der Waals surface area contributed by atoms with Gasteiger partial charge >= 0.3 is 5.97 Å². The maximum Gasteiger partial charge on any atom is 0.341 e. The third kappa shape index (κ3) is 4.92. The topological polar surface area (TPSA) is 67.6 Å². The third-order valence-corrected chi connectivity index (χ3v) is 2.95. The number of aliphatic carboxylic acids is 1. The highest BCUT2D eigenvalue weighted by molar-refractivity contribution is 5.68. The molecule has 0 atom stereocenters. The molecule has 0 aliphatic carbocycles. The molecule has 2 aromatic rings. The van der Waals surface area contributed by atoms with Crippen molar-refractivity contribution in [3.05, 3.63) is 47.8 Å². The van der Waals surface area contributed by atoms with Gasteiger partial charge in [-0.3, -0.25) is 9.58 Å². The molecule has 0 spiro atoms. The van der Waals surface area contributed by atoms with Gasteiger partial charge in [-0.1, -0.05) is 12.1 Å². The number of aromatic nitrogens is 2. The van der Waals surface area contributed by atoms with E-state index in [-0.39, 0.29) is 6.61 Å². The van der Waals surface area contributed by atoms with Gasteiger partial charge in [-0.05, 0) is 24.7 Å². The molecule has 21 heavy (non-hydrogen) atoms. The fraction of sp³-hybridized carbons (Fsp3) is 0.333. The molecular weight excluding hydrogens is 270 g/mol. The van der Waals surface area contributed by atoms with E-state index in [1.165, 1.54) is 5.56 Å². The first kappa shape index (κ1) is 15.1. The van der Waals surface area contributed by atoms with Gasteiger partial charge in [-0.25, -0.2) is 4.79 Å². The normalized spacial score (nSPS) is 10.8. The SMILES string of the molecule is CN(Cc1ccc(OCC(=O)O)cc1)Cc1cnn(C)c1. The molecule has 0 bridgehead atoms. The lowest BCUT2D eigenvalue weighted by atomic mass is 10.2. The molecule has 1 aromatic carbocycles. The molecule has 1 heterocycles. The maximum absolute atomic E-state index is 10.4. The number of nitrogens with zero attached hydrogens (tertiary/aromatic N) is 3. The molecule has 2 rings (SSSR count). The average molecular weight is 289 g/mol. The summed E-state index contributed by atoms with van der Waals surface area (Å²) in [5, 5.41) is 12.7. The van der Waals surface area contributed by atoms with Crippen LogP contribution in [0.1, 0.15) is 11.1 Å². The van der Waals surface area contributed by atoms with Crippen molar-refractivity contribution < 1.29 is 14.6 Å². The first-order chi connectivity index (χ1) is 10.0. The lowest BCUT2D eigenvalue weighted by Gasteiger charge is -2.15. The zero-order valence-corrected chi connectivity index (χ0v) is 12.2. The van der Waals surface area contributed by atoms with Gasteiger partial charge in [0, 0.05) is 31.9 Å². The van der Waals surface area contributed by atoms with Crippen LogP contribution < -0.4 is 4.74 Å². The third-order valence-electron chi connectivity index (χ3n) is 2.95. The predicted molar refractivity (Wildman–Crippen MR) is 78.0 cm³/mol. The monoisotopic (exact) mass is 289 g/mol. The summed E-state index contributed by atoms with van der Waals surface area (Å²) in [6.45, 7) is 1.31. The Balaban J connectivity index is 1.86. The summed E-state index contributed by atoms with van der Waals surface area (Å²) in [7, 11) is 3.95. The van der Waals surface area contributed by atoms with Crippen LogP contribution in [0.25, 0.3) is 0 Å². The minimum Gasteiger partial charge on any atom is -0.482 e. The van der Waals surface area contributed by atoms with Crippen LogP contribution in [0.2, 0.25) is 0 Å². The Bertz CT molecular complexity index is 592. The summed E-state index contributed by atoms with van der Waals surface area (Å²) in [6.07, 6.45) is 3.86. The van der Waals surface area contributed by atoms with Crippen molar-refractivity contribution in [2.75, 3.05) is 13.7 Å². The molecule has 112 valence electrons. The molecule has 6 nitrogen and oxygen atoms in total. The minimum absolute atomic E-state index is 0.319. The highest BCUT2D eigenvalue weighted by atomic mass is 16.5. The second kappa shape index (κ2) is 6.90. The molecule has 0 saturated heterocycles. The fourth-order valence-electron chi connectivity index (χ4n) is 2.07. The second-order valence-corrected chi connectivity index (χ2v) is 5.02. The van der Waals surface area contributed by atoms with E-state index in [2.05, 4.69) is 10.00 Å². The smallest absolute Gasteiger partial charge is 0.341 e. The van der Waals surface area contributed by atoms with Crippen molar-refractivity contribution >= 4 is 5.97 Å². The van der Waals surface area contributed by atoms with E-state index in [4.69, 9.17) is 9.84 Å². The molecule has 0 aliphatic rings. The van der Waals surface area contributed by atoms with E-state index in [0.717, 1.165) is 18.7 Å². The standard InChI is InChI=1S/C15H19N3O3/c1-17(9-13-7-16-18(2)10-13)8-12-3-5-14(6-4-12)21-11-15(19)20/h3-7,10H,8-9,11H2,1-2H3,(H,19,20). The number of aryl methyl sites for hydroxylation is 1. The van der Waals surface area contributed by atoms with Crippen molar-refractivity contribution in [3.8, 4) is 5.75 Å². The van der Waals surface area contributed by atoms with Gasteiger partial charge in [0.25, 0.3) is 0 Å². The number of carbonyl (C=O) groups is 1. The lowest BCUT2D eigenvalue weighted by molar-refractivity contribution is -0.139. The highest BCUT2D eigenvalue weighted by Gasteiger charge is 2.04. The van der Waals surface area contributed by atoms with Crippen LogP contribution in [0.3, 0.4) is 0 Å². The van der Waals surface area contributed by atoms with Gasteiger partial charge in [-0.15, -0.1) is 0 Å². The molecule has 0 radical (unpaired) electrons. The number of hydrogen-bond donors (Lipinski definition) is 1. The Kier molecular flexibility index (Phi) is 4.94. The number of ether oxygens (including phenoxy) is 1. The van der Waals surface area contributed by atoms with Crippen molar-refractivity contribution in [2.45, 2.75) is 13.1 Å². The lowest BCUT2D eigenvalue weighted by Crippen LogP contribution is -2.16. The van der Waals surface area contributed by atoms with E-state index in [1.54, 1.807) is 16.8 Å². The summed E-state index contributed by atoms with van der Waals surface area (Å²) in [6, 6.07) is 7.46. The Hall–Kier alpha value is -2.34. The predicted octanol–water partition coefficient (Wildman–Crippen LogP) is 1.52. The van der Waals surface area contributed by atoms with Gasteiger partial charge in [0.1, 0.15) is 5.75 Å². The summed E-state index contributed by atoms with van der Waals surface area (Å²) in [5.41, 5.74) is 2.31. The minimum atomic E-state index is -0.977. The Morgan fingerprint density at radius 1 is 1.29 bits per heavy atom. The fourth-order valence-corrected chi connectivity index (χ4v) is 2.07. The Morgan fingerprint density at radius 3 is 2.52 bits per heavy atom. The first-order valence-corrected chi connectivity index (χ1v) is 6.62. The quantitative estimate of drug-likeness (QED) is 0.837. The van der Waals surface area contributed by atoms with Gasteiger partial charge in [0.15, 0.2) is 6.61 Å². The molecule has 0 aliphatic heterocycles. The Labute approximate surface area is 123 Å². The van der Waals surface area contributed by atoms with Crippen LogP contribution >= 0.6 is 0 Å². The van der Waals surface area contributed by atoms with Gasteiger partial charge in [0.2, 0.25) is 0 Å². The van der Waals surface area contributed by atoms with Gasteiger partial charge < -0.3 is 9.84 Å². The van der Waals surface area contributed by atoms with Crippen LogP contribution in [0.4, 0.5) is 0 Å². The molecule has 6 heteroatoms. The van der Waals surface area contributed by atoms with Gasteiger partial charge in [-0.2, -0.15) is 5.10 Å². The van der Waals surface area contributed by atoms with E-state index < -0.39 is 5.97 Å². The first-order valence-electron chi connectivity index (χ1n) is 6.62.